The third kappa shape index (κ3) is 9.71. The topological polar surface area (TPSA) is 53.8 Å². The third-order valence-electron chi connectivity index (χ3n) is 5.66. The molecule has 1 aromatic carbocycles. The van der Waals surface area contributed by atoms with Crippen LogP contribution in [0.3, 0.4) is 0 Å². The molecule has 2 rings (SSSR count). The SMILES string of the molecule is CCCCCCCCCC(=O)N(CCC)CC(=O)N(Cc1ccccc1)Cc1ccco1. The first-order valence-electron chi connectivity index (χ1n) is 12.3. The van der Waals surface area contributed by atoms with Gasteiger partial charge in [-0.3, -0.25) is 9.59 Å². The minimum Gasteiger partial charge on any atom is -0.467 e. The smallest absolute Gasteiger partial charge is 0.242 e. The van der Waals surface area contributed by atoms with Gasteiger partial charge in [0.15, 0.2) is 0 Å². The van der Waals surface area contributed by atoms with Crippen LogP contribution >= 0.6 is 0 Å². The Labute approximate surface area is 193 Å². The Morgan fingerprint density at radius 2 is 1.47 bits per heavy atom. The molecular formula is C27H40N2O3. The van der Waals surface area contributed by atoms with Crippen LogP contribution in [0.25, 0.3) is 0 Å². The van der Waals surface area contributed by atoms with Gasteiger partial charge in [-0.05, 0) is 30.5 Å². The van der Waals surface area contributed by atoms with Crippen molar-refractivity contribution in [2.24, 2.45) is 0 Å². The van der Waals surface area contributed by atoms with E-state index in [2.05, 4.69) is 6.92 Å². The van der Waals surface area contributed by atoms with Crippen LogP contribution in [-0.4, -0.2) is 34.7 Å². The van der Waals surface area contributed by atoms with Gasteiger partial charge in [0.1, 0.15) is 5.76 Å². The molecule has 0 aliphatic carbocycles. The summed E-state index contributed by atoms with van der Waals surface area (Å²) in [7, 11) is 0. The quantitative estimate of drug-likeness (QED) is 0.293. The van der Waals surface area contributed by atoms with Crippen LogP contribution < -0.4 is 0 Å². The summed E-state index contributed by atoms with van der Waals surface area (Å²) in [5, 5.41) is 0. The molecule has 1 aromatic heterocycles. The molecule has 5 nitrogen and oxygen atoms in total. The first-order chi connectivity index (χ1) is 15.6. The monoisotopic (exact) mass is 440 g/mol. The molecule has 32 heavy (non-hydrogen) atoms. The average Bonchev–Trinajstić information content (AvgIpc) is 3.31. The summed E-state index contributed by atoms with van der Waals surface area (Å²) in [4.78, 5) is 29.6. The number of amides is 2. The van der Waals surface area contributed by atoms with Crippen LogP contribution in [-0.2, 0) is 22.7 Å². The predicted molar refractivity (Wildman–Crippen MR) is 129 cm³/mol. The minimum absolute atomic E-state index is 0.0494. The van der Waals surface area contributed by atoms with Crippen molar-refractivity contribution in [2.45, 2.75) is 84.7 Å². The maximum atomic E-state index is 13.2. The molecule has 176 valence electrons. The maximum Gasteiger partial charge on any atom is 0.242 e. The zero-order valence-electron chi connectivity index (χ0n) is 19.9. The Bertz CT molecular complexity index is 758. The number of unbranched alkanes of at least 4 members (excludes halogenated alkanes) is 6. The number of benzene rings is 1. The van der Waals surface area contributed by atoms with Crippen LogP contribution in [0.1, 0.15) is 83.0 Å². The highest BCUT2D eigenvalue weighted by Crippen LogP contribution is 2.13. The van der Waals surface area contributed by atoms with Gasteiger partial charge in [0.05, 0.1) is 19.4 Å². The number of rotatable bonds is 16. The first-order valence-corrected chi connectivity index (χ1v) is 12.3. The van der Waals surface area contributed by atoms with E-state index in [-0.39, 0.29) is 18.4 Å². The van der Waals surface area contributed by atoms with Gasteiger partial charge in [-0.15, -0.1) is 0 Å². The van der Waals surface area contributed by atoms with E-state index in [0.29, 0.717) is 26.1 Å². The molecule has 0 unspecified atom stereocenters. The second kappa shape index (κ2) is 15.3. The van der Waals surface area contributed by atoms with E-state index in [1.807, 2.05) is 49.4 Å². The van der Waals surface area contributed by atoms with Gasteiger partial charge in [0, 0.05) is 19.5 Å². The molecule has 2 aromatic rings. The molecule has 2 amide bonds. The Balaban J connectivity index is 1.91. The van der Waals surface area contributed by atoms with E-state index in [1.165, 1.54) is 32.1 Å². The normalized spacial score (nSPS) is 10.8. The zero-order valence-corrected chi connectivity index (χ0v) is 19.9. The van der Waals surface area contributed by atoms with Gasteiger partial charge < -0.3 is 14.2 Å². The van der Waals surface area contributed by atoms with Gasteiger partial charge >= 0.3 is 0 Å². The lowest BCUT2D eigenvalue weighted by molar-refractivity contribution is -0.141. The molecule has 0 aliphatic rings. The average molecular weight is 441 g/mol. The van der Waals surface area contributed by atoms with Gasteiger partial charge in [-0.2, -0.15) is 0 Å². The summed E-state index contributed by atoms with van der Waals surface area (Å²) < 4.78 is 5.48. The molecule has 0 N–H and O–H groups in total. The van der Waals surface area contributed by atoms with Gasteiger partial charge in [-0.1, -0.05) is 82.7 Å². The van der Waals surface area contributed by atoms with Crippen molar-refractivity contribution in [3.8, 4) is 0 Å². The third-order valence-corrected chi connectivity index (χ3v) is 5.66. The highest BCUT2D eigenvalue weighted by atomic mass is 16.3. The summed E-state index contributed by atoms with van der Waals surface area (Å²) in [6, 6.07) is 13.6. The lowest BCUT2D eigenvalue weighted by Crippen LogP contribution is -2.42. The number of hydrogen-bond acceptors (Lipinski definition) is 3. The Hall–Kier alpha value is -2.56. The highest BCUT2D eigenvalue weighted by Gasteiger charge is 2.21. The fourth-order valence-electron chi connectivity index (χ4n) is 3.84. The van der Waals surface area contributed by atoms with Crippen LogP contribution in [0.15, 0.2) is 53.1 Å². The van der Waals surface area contributed by atoms with E-state index in [9.17, 15) is 9.59 Å². The number of carbonyl (C=O) groups excluding carboxylic acids is 2. The van der Waals surface area contributed by atoms with Crippen molar-refractivity contribution in [1.82, 2.24) is 9.80 Å². The van der Waals surface area contributed by atoms with Crippen molar-refractivity contribution >= 4 is 11.8 Å². The van der Waals surface area contributed by atoms with E-state index < -0.39 is 0 Å². The Morgan fingerprint density at radius 3 is 2.12 bits per heavy atom. The summed E-state index contributed by atoms with van der Waals surface area (Å²) in [6.45, 7) is 5.89. The number of nitrogens with zero attached hydrogens (tertiary/aromatic N) is 2. The van der Waals surface area contributed by atoms with Crippen LogP contribution in [0.4, 0.5) is 0 Å². The summed E-state index contributed by atoms with van der Waals surface area (Å²) in [6.07, 6.45) is 11.2. The predicted octanol–water partition coefficient (Wildman–Crippen LogP) is 6.19. The fourth-order valence-corrected chi connectivity index (χ4v) is 3.84. The molecule has 0 saturated carbocycles. The second-order valence-electron chi connectivity index (χ2n) is 8.50. The lowest BCUT2D eigenvalue weighted by Gasteiger charge is -2.27. The molecule has 0 spiro atoms. The van der Waals surface area contributed by atoms with E-state index in [1.54, 1.807) is 16.1 Å². The van der Waals surface area contributed by atoms with E-state index in [0.717, 1.165) is 30.6 Å². The molecule has 1 heterocycles. The van der Waals surface area contributed by atoms with Crippen LogP contribution in [0.2, 0.25) is 0 Å². The van der Waals surface area contributed by atoms with E-state index >= 15 is 0 Å². The molecule has 0 bridgehead atoms. The Kier molecular flexibility index (Phi) is 12.3. The number of furan rings is 1. The zero-order chi connectivity index (χ0) is 23.0. The van der Waals surface area contributed by atoms with Crippen molar-refractivity contribution < 1.29 is 14.0 Å². The Morgan fingerprint density at radius 1 is 0.750 bits per heavy atom. The molecule has 5 heteroatoms. The van der Waals surface area contributed by atoms with Crippen molar-refractivity contribution in [1.29, 1.82) is 0 Å². The summed E-state index contributed by atoms with van der Waals surface area (Å²) >= 11 is 0. The standard InChI is InChI=1S/C27H40N2O3/c1-3-5-6-7-8-9-13-18-26(30)28(19-4-2)23-27(31)29(22-25-17-14-20-32-25)21-24-15-11-10-12-16-24/h10-12,14-17,20H,3-9,13,18-19,21-23H2,1-2H3. The minimum atomic E-state index is -0.0494. The summed E-state index contributed by atoms with van der Waals surface area (Å²) in [5.74, 6) is 0.781. The second-order valence-corrected chi connectivity index (χ2v) is 8.50. The summed E-state index contributed by atoms with van der Waals surface area (Å²) in [5.41, 5.74) is 1.06. The fraction of sp³-hybridized carbons (Fsp3) is 0.556. The molecule has 0 fully saturated rings. The van der Waals surface area contributed by atoms with Gasteiger partial charge in [0.2, 0.25) is 11.8 Å². The van der Waals surface area contributed by atoms with Gasteiger partial charge in [0.25, 0.3) is 0 Å². The van der Waals surface area contributed by atoms with E-state index in [4.69, 9.17) is 4.42 Å². The molecular weight excluding hydrogens is 400 g/mol. The molecule has 0 atom stereocenters. The molecule has 0 aliphatic heterocycles. The van der Waals surface area contributed by atoms with Crippen LogP contribution in [0, 0.1) is 0 Å². The molecule has 0 radical (unpaired) electrons. The first kappa shape index (κ1) is 25.7. The van der Waals surface area contributed by atoms with Crippen LogP contribution in [0.5, 0.6) is 0 Å². The number of carbonyl (C=O) groups is 2. The number of hydrogen-bond donors (Lipinski definition) is 0. The largest absolute Gasteiger partial charge is 0.467 e. The van der Waals surface area contributed by atoms with Crippen molar-refractivity contribution in [2.75, 3.05) is 13.1 Å². The van der Waals surface area contributed by atoms with Crippen molar-refractivity contribution in [3.63, 3.8) is 0 Å². The highest BCUT2D eigenvalue weighted by molar-refractivity contribution is 5.84. The van der Waals surface area contributed by atoms with Crippen molar-refractivity contribution in [3.05, 3.63) is 60.1 Å². The van der Waals surface area contributed by atoms with Gasteiger partial charge in [-0.25, -0.2) is 0 Å². The molecule has 0 saturated heterocycles. The maximum absolute atomic E-state index is 13.2. The lowest BCUT2D eigenvalue weighted by atomic mass is 10.1.